The van der Waals surface area contributed by atoms with Gasteiger partial charge in [0.1, 0.15) is 5.01 Å². The molecule has 1 amide bonds. The summed E-state index contributed by atoms with van der Waals surface area (Å²) in [7, 11) is 3.00. The SMILES string of the molecule is CCc1ccc(-c2nc(CC(=O)Nc3cc(S(=O)(=O)N(C)C)ccc3N(C)C)cs2)cc1. The normalized spacial score (nSPS) is 11.6. The highest BCUT2D eigenvalue weighted by Crippen LogP contribution is 2.29. The molecule has 7 nitrogen and oxygen atoms in total. The van der Waals surface area contributed by atoms with Gasteiger partial charge < -0.3 is 10.2 Å². The molecular formula is C23H28N4O3S2. The minimum Gasteiger partial charge on any atom is -0.376 e. The fraction of sp³-hybridized carbons (Fsp3) is 0.304. The molecule has 0 atom stereocenters. The Kier molecular flexibility index (Phi) is 7.33. The third-order valence-corrected chi connectivity index (χ3v) is 7.76. The van der Waals surface area contributed by atoms with Gasteiger partial charge in [-0.3, -0.25) is 4.79 Å². The zero-order chi connectivity index (χ0) is 23.5. The summed E-state index contributed by atoms with van der Waals surface area (Å²) in [6.07, 6.45) is 1.08. The number of rotatable bonds is 8. The highest BCUT2D eigenvalue weighted by atomic mass is 32.2. The second kappa shape index (κ2) is 9.81. The van der Waals surface area contributed by atoms with Crippen LogP contribution in [0.3, 0.4) is 0 Å². The van der Waals surface area contributed by atoms with Crippen LogP contribution in [-0.4, -0.2) is 51.8 Å². The maximum atomic E-state index is 12.8. The van der Waals surface area contributed by atoms with E-state index < -0.39 is 10.0 Å². The molecule has 0 unspecified atom stereocenters. The van der Waals surface area contributed by atoms with E-state index in [0.29, 0.717) is 17.1 Å². The topological polar surface area (TPSA) is 82.6 Å². The van der Waals surface area contributed by atoms with Crippen molar-refractivity contribution in [2.24, 2.45) is 0 Å². The first-order valence-corrected chi connectivity index (χ1v) is 12.5. The van der Waals surface area contributed by atoms with Crippen LogP contribution in [0.2, 0.25) is 0 Å². The molecule has 0 saturated heterocycles. The molecule has 32 heavy (non-hydrogen) atoms. The molecule has 1 N–H and O–H groups in total. The molecule has 9 heteroatoms. The highest BCUT2D eigenvalue weighted by Gasteiger charge is 2.20. The van der Waals surface area contributed by atoms with Crippen molar-refractivity contribution in [3.63, 3.8) is 0 Å². The van der Waals surface area contributed by atoms with Gasteiger partial charge in [0.05, 0.1) is 28.4 Å². The summed E-state index contributed by atoms with van der Waals surface area (Å²) >= 11 is 1.50. The first kappa shape index (κ1) is 23.9. The van der Waals surface area contributed by atoms with Gasteiger partial charge in [-0.05, 0) is 30.2 Å². The Bertz CT molecular complexity index is 1200. The zero-order valence-electron chi connectivity index (χ0n) is 18.9. The fourth-order valence-electron chi connectivity index (χ4n) is 3.14. The lowest BCUT2D eigenvalue weighted by Gasteiger charge is -2.20. The van der Waals surface area contributed by atoms with Crippen LogP contribution in [0.1, 0.15) is 18.2 Å². The molecule has 3 aromatic rings. The van der Waals surface area contributed by atoms with Gasteiger partial charge in [0.15, 0.2) is 0 Å². The van der Waals surface area contributed by atoms with E-state index in [1.54, 1.807) is 6.07 Å². The number of anilines is 2. The lowest BCUT2D eigenvalue weighted by molar-refractivity contribution is -0.115. The second-order valence-corrected chi connectivity index (χ2v) is 10.8. The predicted octanol–water partition coefficient (Wildman–Crippen LogP) is 3.87. The minimum absolute atomic E-state index is 0.0983. The van der Waals surface area contributed by atoms with Crippen LogP contribution in [0, 0.1) is 0 Å². The lowest BCUT2D eigenvalue weighted by Crippen LogP contribution is -2.23. The summed E-state index contributed by atoms with van der Waals surface area (Å²) in [6.45, 7) is 2.11. The Morgan fingerprint density at radius 1 is 1.06 bits per heavy atom. The van der Waals surface area contributed by atoms with Crippen molar-refractivity contribution in [3.05, 3.63) is 59.1 Å². The van der Waals surface area contributed by atoms with Crippen LogP contribution in [0.15, 0.2) is 52.7 Å². The van der Waals surface area contributed by atoms with Crippen molar-refractivity contribution in [1.82, 2.24) is 9.29 Å². The summed E-state index contributed by atoms with van der Waals surface area (Å²) in [5, 5.41) is 5.60. The van der Waals surface area contributed by atoms with Gasteiger partial charge in [-0.25, -0.2) is 17.7 Å². The third-order valence-electron chi connectivity index (χ3n) is 5.01. The molecule has 0 fully saturated rings. The molecule has 0 radical (unpaired) electrons. The smallest absolute Gasteiger partial charge is 0.242 e. The van der Waals surface area contributed by atoms with Gasteiger partial charge in [0.2, 0.25) is 15.9 Å². The number of hydrogen-bond donors (Lipinski definition) is 1. The summed E-state index contributed by atoms with van der Waals surface area (Å²) in [5.74, 6) is -0.259. The number of benzene rings is 2. The predicted molar refractivity (Wildman–Crippen MR) is 131 cm³/mol. The molecule has 0 bridgehead atoms. The summed E-state index contributed by atoms with van der Waals surface area (Å²) in [6, 6.07) is 13.0. The molecule has 0 aliphatic rings. The van der Waals surface area contributed by atoms with Gasteiger partial charge in [0, 0.05) is 39.1 Å². The van der Waals surface area contributed by atoms with E-state index in [1.165, 1.54) is 43.1 Å². The van der Waals surface area contributed by atoms with Crippen LogP contribution < -0.4 is 10.2 Å². The fourth-order valence-corrected chi connectivity index (χ4v) is 4.89. The molecule has 1 heterocycles. The Balaban J connectivity index is 1.79. The second-order valence-electron chi connectivity index (χ2n) is 7.78. The molecule has 2 aromatic carbocycles. The van der Waals surface area contributed by atoms with Crippen LogP contribution in [0.4, 0.5) is 11.4 Å². The average Bonchev–Trinajstić information content (AvgIpc) is 3.21. The third kappa shape index (κ3) is 5.35. The van der Waals surface area contributed by atoms with E-state index in [9.17, 15) is 13.2 Å². The minimum atomic E-state index is -3.62. The van der Waals surface area contributed by atoms with Crippen LogP contribution in [0.5, 0.6) is 0 Å². The van der Waals surface area contributed by atoms with Crippen molar-refractivity contribution in [2.75, 3.05) is 38.4 Å². The monoisotopic (exact) mass is 472 g/mol. The summed E-state index contributed by atoms with van der Waals surface area (Å²) in [5.41, 5.74) is 4.11. The molecule has 0 saturated carbocycles. The Morgan fingerprint density at radius 3 is 2.34 bits per heavy atom. The van der Waals surface area contributed by atoms with Crippen LogP contribution in [-0.2, 0) is 27.7 Å². The Morgan fingerprint density at radius 2 is 1.75 bits per heavy atom. The maximum absolute atomic E-state index is 12.8. The lowest BCUT2D eigenvalue weighted by atomic mass is 10.1. The average molecular weight is 473 g/mol. The van der Waals surface area contributed by atoms with E-state index in [0.717, 1.165) is 21.3 Å². The number of carbonyl (C=O) groups excluding carboxylic acids is 1. The van der Waals surface area contributed by atoms with Gasteiger partial charge in [-0.15, -0.1) is 11.3 Å². The quantitative estimate of drug-likeness (QED) is 0.538. The molecule has 3 rings (SSSR count). The van der Waals surface area contributed by atoms with E-state index in [-0.39, 0.29) is 17.2 Å². The number of nitrogens with zero attached hydrogens (tertiary/aromatic N) is 3. The molecule has 0 aliphatic heterocycles. The zero-order valence-corrected chi connectivity index (χ0v) is 20.5. The van der Waals surface area contributed by atoms with Crippen molar-refractivity contribution in [2.45, 2.75) is 24.7 Å². The largest absolute Gasteiger partial charge is 0.376 e. The molecule has 1 aromatic heterocycles. The van der Waals surface area contributed by atoms with Gasteiger partial charge in [-0.2, -0.15) is 0 Å². The number of thiazole rings is 1. The number of hydrogen-bond acceptors (Lipinski definition) is 6. The maximum Gasteiger partial charge on any atom is 0.242 e. The number of aryl methyl sites for hydroxylation is 1. The molecular weight excluding hydrogens is 444 g/mol. The van der Waals surface area contributed by atoms with Crippen molar-refractivity contribution in [1.29, 1.82) is 0 Å². The van der Waals surface area contributed by atoms with Crippen LogP contribution >= 0.6 is 11.3 Å². The van der Waals surface area contributed by atoms with Gasteiger partial charge >= 0.3 is 0 Å². The van der Waals surface area contributed by atoms with Gasteiger partial charge in [-0.1, -0.05) is 31.2 Å². The number of sulfonamides is 1. The van der Waals surface area contributed by atoms with Crippen molar-refractivity contribution < 1.29 is 13.2 Å². The first-order chi connectivity index (χ1) is 15.1. The highest BCUT2D eigenvalue weighted by molar-refractivity contribution is 7.89. The van der Waals surface area contributed by atoms with E-state index >= 15 is 0 Å². The number of carbonyl (C=O) groups is 1. The van der Waals surface area contributed by atoms with Gasteiger partial charge in [0.25, 0.3) is 0 Å². The first-order valence-electron chi connectivity index (χ1n) is 10.2. The van der Waals surface area contributed by atoms with E-state index in [1.807, 2.05) is 36.5 Å². The van der Waals surface area contributed by atoms with Crippen molar-refractivity contribution >= 4 is 38.6 Å². The van der Waals surface area contributed by atoms with Crippen LogP contribution in [0.25, 0.3) is 10.6 Å². The standard InChI is InChI=1S/C23H28N4O3S2/c1-6-16-7-9-17(10-8-16)23-24-18(15-31-23)13-22(28)25-20-14-19(32(29,30)27(4)5)11-12-21(20)26(2)3/h7-12,14-15H,6,13H2,1-5H3,(H,25,28). The Hall–Kier alpha value is -2.75. The number of amides is 1. The molecule has 0 aliphatic carbocycles. The Labute approximate surface area is 193 Å². The molecule has 170 valence electrons. The summed E-state index contributed by atoms with van der Waals surface area (Å²) < 4.78 is 26.2. The number of nitrogens with one attached hydrogen (secondary N) is 1. The summed E-state index contributed by atoms with van der Waals surface area (Å²) in [4.78, 5) is 19.3. The van der Waals surface area contributed by atoms with Crippen molar-refractivity contribution in [3.8, 4) is 10.6 Å². The van der Waals surface area contributed by atoms with E-state index in [2.05, 4.69) is 29.4 Å². The number of aromatic nitrogens is 1. The van der Waals surface area contributed by atoms with E-state index in [4.69, 9.17) is 0 Å². The molecule has 0 spiro atoms.